The van der Waals surface area contributed by atoms with Gasteiger partial charge < -0.3 is 4.74 Å². The van der Waals surface area contributed by atoms with E-state index in [4.69, 9.17) is 16.3 Å². The number of ether oxygens (including phenoxy) is 1. The van der Waals surface area contributed by atoms with Crippen LogP contribution in [-0.2, 0) is 16.1 Å². The van der Waals surface area contributed by atoms with Crippen molar-refractivity contribution < 1.29 is 14.3 Å². The first kappa shape index (κ1) is 16.5. The van der Waals surface area contributed by atoms with Crippen LogP contribution in [0, 0.1) is 0 Å². The third kappa shape index (κ3) is 2.70. The summed E-state index contributed by atoms with van der Waals surface area (Å²) in [7, 11) is 1.60. The van der Waals surface area contributed by atoms with Crippen molar-refractivity contribution in [2.24, 2.45) is 10.3 Å². The molecule has 4 rings (SSSR count). The number of hydrogen-bond donors (Lipinski definition) is 0. The molecular weight excluding hydrogens is 356 g/mol. The van der Waals surface area contributed by atoms with Crippen LogP contribution in [0.25, 0.3) is 0 Å². The van der Waals surface area contributed by atoms with Gasteiger partial charge in [-0.3, -0.25) is 14.6 Å². The van der Waals surface area contributed by atoms with E-state index in [-0.39, 0.29) is 11.8 Å². The predicted octanol–water partition coefficient (Wildman–Crippen LogP) is 2.84. The van der Waals surface area contributed by atoms with Crippen molar-refractivity contribution in [1.82, 2.24) is 5.01 Å². The average molecular weight is 371 g/mol. The maximum absolute atomic E-state index is 12.9. The van der Waals surface area contributed by atoms with Gasteiger partial charge in [-0.15, -0.1) is 0 Å². The van der Waals surface area contributed by atoms with Crippen molar-refractivity contribution in [2.45, 2.75) is 18.6 Å². The third-order valence-corrected chi connectivity index (χ3v) is 4.66. The number of benzene rings is 2. The number of anilines is 1. The van der Waals surface area contributed by atoms with Crippen molar-refractivity contribution in [3.05, 3.63) is 59.1 Å². The zero-order valence-electron chi connectivity index (χ0n) is 13.9. The summed E-state index contributed by atoms with van der Waals surface area (Å²) < 4.78 is 5.14. The largest absolute Gasteiger partial charge is 0.497 e. The molecule has 2 heterocycles. The van der Waals surface area contributed by atoms with E-state index in [0.717, 1.165) is 16.2 Å². The SMILES string of the molecule is COc1ccc(CN2N=NC3C(=O)N(c4cccc(Cl)c4)C(=O)C32)cc1. The van der Waals surface area contributed by atoms with Crippen LogP contribution >= 0.6 is 11.6 Å². The molecule has 2 aliphatic heterocycles. The molecule has 0 radical (unpaired) electrons. The quantitative estimate of drug-likeness (QED) is 0.775. The van der Waals surface area contributed by atoms with Gasteiger partial charge in [0.2, 0.25) is 0 Å². The zero-order valence-corrected chi connectivity index (χ0v) is 14.6. The molecule has 26 heavy (non-hydrogen) atoms. The minimum Gasteiger partial charge on any atom is -0.497 e. The van der Waals surface area contributed by atoms with Crippen LogP contribution in [0.2, 0.25) is 5.02 Å². The van der Waals surface area contributed by atoms with Crippen LogP contribution in [0.5, 0.6) is 5.75 Å². The summed E-state index contributed by atoms with van der Waals surface area (Å²) in [6.07, 6.45) is 0. The minimum absolute atomic E-state index is 0.347. The van der Waals surface area contributed by atoms with E-state index in [1.165, 1.54) is 0 Å². The highest BCUT2D eigenvalue weighted by molar-refractivity contribution is 6.31. The van der Waals surface area contributed by atoms with E-state index in [1.807, 2.05) is 24.3 Å². The van der Waals surface area contributed by atoms with Gasteiger partial charge in [0, 0.05) is 5.02 Å². The van der Waals surface area contributed by atoms with E-state index < -0.39 is 12.1 Å². The summed E-state index contributed by atoms with van der Waals surface area (Å²) >= 11 is 5.99. The molecule has 8 heteroatoms. The molecule has 2 aliphatic rings. The van der Waals surface area contributed by atoms with Crippen LogP contribution in [0.4, 0.5) is 5.69 Å². The molecule has 132 valence electrons. The van der Waals surface area contributed by atoms with Gasteiger partial charge in [-0.25, -0.2) is 4.90 Å². The van der Waals surface area contributed by atoms with E-state index in [1.54, 1.807) is 36.4 Å². The molecule has 1 saturated heterocycles. The first-order valence-corrected chi connectivity index (χ1v) is 8.40. The first-order valence-electron chi connectivity index (χ1n) is 8.02. The Balaban J connectivity index is 1.57. The first-order chi connectivity index (χ1) is 12.6. The lowest BCUT2D eigenvalue weighted by Crippen LogP contribution is -2.39. The second-order valence-corrected chi connectivity index (χ2v) is 6.47. The average Bonchev–Trinajstić information content (AvgIpc) is 3.16. The summed E-state index contributed by atoms with van der Waals surface area (Å²) in [6, 6.07) is 12.5. The Morgan fingerprint density at radius 2 is 1.88 bits per heavy atom. The van der Waals surface area contributed by atoms with Gasteiger partial charge in [-0.05, 0) is 35.9 Å². The van der Waals surface area contributed by atoms with Crippen molar-refractivity contribution in [3.8, 4) is 5.75 Å². The predicted molar refractivity (Wildman–Crippen MR) is 94.9 cm³/mol. The Bertz CT molecular complexity index is 900. The lowest BCUT2D eigenvalue weighted by Gasteiger charge is -2.20. The Labute approximate surface area is 154 Å². The molecule has 0 bridgehead atoms. The van der Waals surface area contributed by atoms with Crippen LogP contribution < -0.4 is 9.64 Å². The van der Waals surface area contributed by atoms with Crippen molar-refractivity contribution >= 4 is 29.1 Å². The Morgan fingerprint density at radius 3 is 2.58 bits per heavy atom. The number of hydrogen-bond acceptors (Lipinski definition) is 6. The van der Waals surface area contributed by atoms with Gasteiger partial charge in [0.25, 0.3) is 11.8 Å². The van der Waals surface area contributed by atoms with Crippen LogP contribution in [0.15, 0.2) is 58.9 Å². The number of carbonyl (C=O) groups excluding carboxylic acids is 2. The molecule has 0 N–H and O–H groups in total. The number of halogens is 1. The fraction of sp³-hybridized carbons (Fsp3) is 0.222. The fourth-order valence-corrected chi connectivity index (χ4v) is 3.33. The van der Waals surface area contributed by atoms with E-state index in [9.17, 15) is 9.59 Å². The monoisotopic (exact) mass is 370 g/mol. The maximum atomic E-state index is 12.9. The Morgan fingerprint density at radius 1 is 1.12 bits per heavy atom. The summed E-state index contributed by atoms with van der Waals surface area (Å²) in [6.45, 7) is 0.372. The van der Waals surface area contributed by atoms with Gasteiger partial charge in [0.1, 0.15) is 5.75 Å². The molecule has 2 atom stereocenters. The molecule has 7 nitrogen and oxygen atoms in total. The minimum atomic E-state index is -0.820. The standard InChI is InChI=1S/C18H15ClN4O3/c1-26-14-7-5-11(6-8-14)10-22-16-15(20-21-22)17(24)23(18(16)25)13-4-2-3-12(19)9-13/h2-9,15-16H,10H2,1H3. The zero-order chi connectivity index (χ0) is 18.3. The lowest BCUT2D eigenvalue weighted by atomic mass is 10.1. The van der Waals surface area contributed by atoms with Gasteiger partial charge in [0.05, 0.1) is 19.3 Å². The summed E-state index contributed by atoms with van der Waals surface area (Å²) in [5.41, 5.74) is 1.38. The van der Waals surface area contributed by atoms with Crippen LogP contribution in [0.3, 0.4) is 0 Å². The number of carbonyl (C=O) groups is 2. The van der Waals surface area contributed by atoms with Gasteiger partial charge in [-0.1, -0.05) is 35.0 Å². The van der Waals surface area contributed by atoms with Gasteiger partial charge in [-0.2, -0.15) is 5.11 Å². The molecule has 0 saturated carbocycles. The Hall–Kier alpha value is -2.93. The third-order valence-electron chi connectivity index (χ3n) is 4.43. The molecule has 2 unspecified atom stereocenters. The number of nitrogens with zero attached hydrogens (tertiary/aromatic N) is 4. The Kier molecular flexibility index (Phi) is 4.08. The molecule has 2 aromatic carbocycles. The number of methoxy groups -OCH3 is 1. The number of rotatable bonds is 4. The number of amides is 2. The number of imide groups is 1. The topological polar surface area (TPSA) is 74.6 Å². The van der Waals surface area contributed by atoms with Crippen molar-refractivity contribution in [2.75, 3.05) is 12.0 Å². The molecular formula is C18H15ClN4O3. The van der Waals surface area contributed by atoms with E-state index in [0.29, 0.717) is 17.3 Å². The van der Waals surface area contributed by atoms with E-state index >= 15 is 0 Å². The second kappa shape index (κ2) is 6.42. The summed E-state index contributed by atoms with van der Waals surface area (Å²) in [5.74, 6) is 0.0120. The highest BCUT2D eigenvalue weighted by Gasteiger charge is 2.54. The van der Waals surface area contributed by atoms with Gasteiger partial charge >= 0.3 is 0 Å². The lowest BCUT2D eigenvalue weighted by molar-refractivity contribution is -0.123. The highest BCUT2D eigenvalue weighted by Crippen LogP contribution is 2.33. The van der Waals surface area contributed by atoms with Crippen LogP contribution in [0.1, 0.15) is 5.56 Å². The summed E-state index contributed by atoms with van der Waals surface area (Å²) in [5, 5.41) is 10.1. The molecule has 2 aromatic rings. The van der Waals surface area contributed by atoms with Crippen LogP contribution in [-0.4, -0.2) is 36.0 Å². The normalized spacial score (nSPS) is 21.5. The maximum Gasteiger partial charge on any atom is 0.263 e. The second-order valence-electron chi connectivity index (χ2n) is 6.03. The van der Waals surface area contributed by atoms with Gasteiger partial charge in [0.15, 0.2) is 12.1 Å². The molecule has 0 spiro atoms. The highest BCUT2D eigenvalue weighted by atomic mass is 35.5. The smallest absolute Gasteiger partial charge is 0.263 e. The van der Waals surface area contributed by atoms with Crippen molar-refractivity contribution in [3.63, 3.8) is 0 Å². The molecule has 2 amide bonds. The molecule has 0 aromatic heterocycles. The van der Waals surface area contributed by atoms with Crippen molar-refractivity contribution in [1.29, 1.82) is 0 Å². The summed E-state index contributed by atoms with van der Waals surface area (Å²) in [4.78, 5) is 26.7. The molecule has 1 fully saturated rings. The number of fused-ring (bicyclic) bond motifs is 1. The fourth-order valence-electron chi connectivity index (χ4n) is 3.14. The van der Waals surface area contributed by atoms with E-state index in [2.05, 4.69) is 10.3 Å². The molecule has 0 aliphatic carbocycles.